The van der Waals surface area contributed by atoms with E-state index in [2.05, 4.69) is 49.8 Å². The van der Waals surface area contributed by atoms with Gasteiger partial charge in [-0.2, -0.15) is 10.2 Å². The topological polar surface area (TPSA) is 57.3 Å². The van der Waals surface area contributed by atoms with Crippen LogP contribution in [-0.2, 0) is 0 Å². The Morgan fingerprint density at radius 1 is 1.14 bits per heavy atom. The number of pyridine rings is 1. The zero-order valence-electron chi connectivity index (χ0n) is 11.6. The van der Waals surface area contributed by atoms with Gasteiger partial charge in [-0.15, -0.1) is 0 Å². The third kappa shape index (κ3) is 1.52. The van der Waals surface area contributed by atoms with E-state index in [0.717, 1.165) is 33.9 Å². The van der Waals surface area contributed by atoms with E-state index < -0.39 is 0 Å². The molecule has 6 nitrogen and oxygen atoms in total. The van der Waals surface area contributed by atoms with Gasteiger partial charge in [0.2, 0.25) is 0 Å². The number of rotatable bonds is 1. The minimum atomic E-state index is 0.675. The lowest BCUT2D eigenvalue weighted by Gasteiger charge is -2.23. The summed E-state index contributed by atoms with van der Waals surface area (Å²) in [7, 11) is 0. The molecular formula is C16H12N6. The Labute approximate surface area is 126 Å². The molecule has 2 aromatic heterocycles. The van der Waals surface area contributed by atoms with Crippen molar-refractivity contribution in [3.05, 3.63) is 48.8 Å². The van der Waals surface area contributed by atoms with Gasteiger partial charge >= 0.3 is 0 Å². The molecule has 0 radical (unpaired) electrons. The third-order valence-electron chi connectivity index (χ3n) is 4.03. The van der Waals surface area contributed by atoms with Crippen molar-refractivity contribution in [2.75, 3.05) is 11.6 Å². The second-order valence-electron chi connectivity index (χ2n) is 5.26. The molecule has 1 N–H and O–H groups in total. The highest BCUT2D eigenvalue weighted by atomic mass is 15.5. The van der Waals surface area contributed by atoms with Gasteiger partial charge in [-0.1, -0.05) is 12.1 Å². The van der Waals surface area contributed by atoms with Crippen LogP contribution in [0.15, 0.2) is 58.9 Å². The molecule has 0 spiro atoms. The number of aromatic nitrogens is 2. The quantitative estimate of drug-likeness (QED) is 0.748. The second-order valence-corrected chi connectivity index (χ2v) is 5.26. The zero-order valence-corrected chi connectivity index (χ0v) is 11.6. The molecular weight excluding hydrogens is 276 g/mol. The highest BCUT2D eigenvalue weighted by molar-refractivity contribution is 6.38. The van der Waals surface area contributed by atoms with E-state index in [1.807, 2.05) is 29.0 Å². The molecule has 0 atom stereocenters. The fourth-order valence-corrected chi connectivity index (χ4v) is 2.98. The summed E-state index contributed by atoms with van der Waals surface area (Å²) in [5, 5.41) is 8.53. The minimum absolute atomic E-state index is 0.675. The average Bonchev–Trinajstić information content (AvgIpc) is 3.22. The maximum absolute atomic E-state index is 4.47. The van der Waals surface area contributed by atoms with Crippen LogP contribution in [0.3, 0.4) is 0 Å². The van der Waals surface area contributed by atoms with Crippen molar-refractivity contribution in [2.24, 2.45) is 10.1 Å². The summed E-state index contributed by atoms with van der Waals surface area (Å²) >= 11 is 0. The molecule has 22 heavy (non-hydrogen) atoms. The van der Waals surface area contributed by atoms with Crippen LogP contribution >= 0.6 is 0 Å². The molecule has 0 aliphatic carbocycles. The molecule has 2 aliphatic rings. The van der Waals surface area contributed by atoms with E-state index in [4.69, 9.17) is 0 Å². The maximum atomic E-state index is 4.47. The number of hydrazone groups is 1. The summed E-state index contributed by atoms with van der Waals surface area (Å²) in [4.78, 5) is 6.60. The van der Waals surface area contributed by atoms with Gasteiger partial charge in [-0.3, -0.25) is 10.4 Å². The smallest absolute Gasteiger partial charge is 0.173 e. The van der Waals surface area contributed by atoms with Crippen molar-refractivity contribution >= 4 is 28.9 Å². The highest BCUT2D eigenvalue weighted by Crippen LogP contribution is 2.37. The number of amidine groups is 1. The molecule has 5 rings (SSSR count). The molecule has 3 aromatic rings. The molecule has 1 aromatic carbocycles. The normalized spacial score (nSPS) is 15.5. The van der Waals surface area contributed by atoms with Gasteiger partial charge in [-0.05, 0) is 29.8 Å². The van der Waals surface area contributed by atoms with Crippen LogP contribution in [0.25, 0.3) is 16.6 Å². The van der Waals surface area contributed by atoms with Crippen LogP contribution in [-0.4, -0.2) is 28.3 Å². The zero-order chi connectivity index (χ0) is 14.5. The first-order valence-electron chi connectivity index (χ1n) is 7.09. The number of anilines is 1. The van der Waals surface area contributed by atoms with Crippen LogP contribution in [0.2, 0.25) is 0 Å². The molecule has 106 valence electrons. The molecule has 0 fully saturated rings. The molecule has 0 saturated heterocycles. The van der Waals surface area contributed by atoms with Crippen molar-refractivity contribution < 1.29 is 0 Å². The van der Waals surface area contributed by atoms with E-state index in [1.165, 1.54) is 0 Å². The number of nitrogens with one attached hydrogen (secondary N) is 1. The van der Waals surface area contributed by atoms with E-state index >= 15 is 0 Å². The Hall–Kier alpha value is -3.15. The molecule has 0 bridgehead atoms. The summed E-state index contributed by atoms with van der Waals surface area (Å²) in [6.45, 7) is 0.675. The van der Waals surface area contributed by atoms with Crippen molar-refractivity contribution in [3.8, 4) is 11.1 Å². The fraction of sp³-hybridized carbons (Fsp3) is 0.0625. The first-order chi connectivity index (χ1) is 10.9. The van der Waals surface area contributed by atoms with Gasteiger partial charge in [0.15, 0.2) is 5.84 Å². The monoisotopic (exact) mass is 288 g/mol. The van der Waals surface area contributed by atoms with Gasteiger partial charge in [0, 0.05) is 18.0 Å². The number of hydrogen-bond acceptors (Lipinski definition) is 5. The SMILES string of the molecule is C1=Nc2ccc(-c3cccn4nccc34)cc2N2CNN=C12. The number of benzene rings is 1. The van der Waals surface area contributed by atoms with Gasteiger partial charge in [0.05, 0.1) is 23.1 Å². The van der Waals surface area contributed by atoms with Crippen LogP contribution < -0.4 is 10.3 Å². The Morgan fingerprint density at radius 3 is 3.14 bits per heavy atom. The number of fused-ring (bicyclic) bond motifs is 4. The Kier molecular flexibility index (Phi) is 2.18. The van der Waals surface area contributed by atoms with Crippen molar-refractivity contribution in [1.82, 2.24) is 15.0 Å². The molecule has 0 amide bonds. The predicted molar refractivity (Wildman–Crippen MR) is 86.7 cm³/mol. The minimum Gasteiger partial charge on any atom is -0.302 e. The van der Waals surface area contributed by atoms with Gasteiger partial charge in [0.25, 0.3) is 0 Å². The van der Waals surface area contributed by atoms with Gasteiger partial charge < -0.3 is 4.90 Å². The van der Waals surface area contributed by atoms with E-state index in [1.54, 1.807) is 6.21 Å². The highest BCUT2D eigenvalue weighted by Gasteiger charge is 2.24. The summed E-state index contributed by atoms with van der Waals surface area (Å²) < 4.78 is 1.89. The summed E-state index contributed by atoms with van der Waals surface area (Å²) in [5.41, 5.74) is 8.43. The molecule has 6 heteroatoms. The molecule has 0 saturated carbocycles. The van der Waals surface area contributed by atoms with Crippen LogP contribution in [0.5, 0.6) is 0 Å². The van der Waals surface area contributed by atoms with Crippen LogP contribution in [0.1, 0.15) is 0 Å². The van der Waals surface area contributed by atoms with E-state index in [-0.39, 0.29) is 0 Å². The first-order valence-corrected chi connectivity index (χ1v) is 7.09. The number of nitrogens with zero attached hydrogens (tertiary/aromatic N) is 5. The van der Waals surface area contributed by atoms with Crippen molar-refractivity contribution in [2.45, 2.75) is 0 Å². The lowest BCUT2D eigenvalue weighted by atomic mass is 10.0. The van der Waals surface area contributed by atoms with Crippen LogP contribution in [0.4, 0.5) is 11.4 Å². The Bertz CT molecular complexity index is 952. The Balaban J connectivity index is 1.72. The molecule has 0 unspecified atom stereocenters. The standard InChI is InChI=1S/C16H12N6/c1-2-12(14-5-6-19-22(14)7-1)11-3-4-13-15(8-11)21-10-18-20-16(21)9-17-13/h1-9,18H,10H2. The van der Waals surface area contributed by atoms with Crippen molar-refractivity contribution in [3.63, 3.8) is 0 Å². The maximum Gasteiger partial charge on any atom is 0.173 e. The number of hydrogen-bond donors (Lipinski definition) is 1. The molecule has 2 aliphatic heterocycles. The van der Waals surface area contributed by atoms with Gasteiger partial charge in [-0.25, -0.2) is 4.52 Å². The summed E-state index contributed by atoms with van der Waals surface area (Å²) in [6, 6.07) is 12.5. The van der Waals surface area contributed by atoms with E-state index in [9.17, 15) is 0 Å². The second kappa shape index (κ2) is 4.17. The average molecular weight is 288 g/mol. The summed E-state index contributed by atoms with van der Waals surface area (Å²) in [5.74, 6) is 0.854. The largest absolute Gasteiger partial charge is 0.302 e. The Morgan fingerprint density at radius 2 is 2.14 bits per heavy atom. The predicted octanol–water partition coefficient (Wildman–Crippen LogP) is 2.40. The van der Waals surface area contributed by atoms with E-state index in [0.29, 0.717) is 6.67 Å². The van der Waals surface area contributed by atoms with Crippen LogP contribution in [0, 0.1) is 0 Å². The summed E-state index contributed by atoms with van der Waals surface area (Å²) in [6.07, 6.45) is 5.56. The van der Waals surface area contributed by atoms with Gasteiger partial charge in [0.1, 0.15) is 6.67 Å². The fourth-order valence-electron chi connectivity index (χ4n) is 2.98. The van der Waals surface area contributed by atoms with Crippen molar-refractivity contribution in [1.29, 1.82) is 0 Å². The molecule has 4 heterocycles. The first kappa shape index (κ1) is 11.5. The lowest BCUT2D eigenvalue weighted by molar-refractivity contribution is 0.808. The number of aliphatic imine (C=N–C) groups is 1. The third-order valence-corrected chi connectivity index (χ3v) is 4.03. The lowest BCUT2D eigenvalue weighted by Crippen LogP contribution is -2.31.